The molecule has 1 aromatic heterocycles. The van der Waals surface area contributed by atoms with Crippen LogP contribution in [0.1, 0.15) is 38.1 Å². The first-order valence-electron chi connectivity index (χ1n) is 7.80. The summed E-state index contributed by atoms with van der Waals surface area (Å²) in [7, 11) is 0. The summed E-state index contributed by atoms with van der Waals surface area (Å²) in [5, 5.41) is 4.63. The monoisotopic (exact) mass is 279 g/mol. The molecule has 0 saturated carbocycles. The molecule has 112 valence electrons. The van der Waals surface area contributed by atoms with Gasteiger partial charge >= 0.3 is 0 Å². The van der Waals surface area contributed by atoms with Crippen LogP contribution in [0.25, 0.3) is 0 Å². The number of aryl methyl sites for hydroxylation is 2. The lowest BCUT2D eigenvalue weighted by Gasteiger charge is -2.38. The van der Waals surface area contributed by atoms with Gasteiger partial charge in [0.15, 0.2) is 5.79 Å². The van der Waals surface area contributed by atoms with Crippen molar-refractivity contribution >= 4 is 0 Å². The molecule has 0 bridgehead atoms. The van der Waals surface area contributed by atoms with E-state index in [4.69, 9.17) is 9.47 Å². The smallest absolute Gasteiger partial charge is 0.181 e. The molecule has 2 aliphatic heterocycles. The molecular formula is C15H25N3O2. The highest BCUT2D eigenvalue weighted by Crippen LogP contribution is 2.30. The summed E-state index contributed by atoms with van der Waals surface area (Å²) < 4.78 is 13.8. The van der Waals surface area contributed by atoms with Crippen molar-refractivity contribution in [3.63, 3.8) is 0 Å². The van der Waals surface area contributed by atoms with Crippen molar-refractivity contribution in [1.82, 2.24) is 14.7 Å². The third-order valence-corrected chi connectivity index (χ3v) is 4.27. The van der Waals surface area contributed by atoms with Gasteiger partial charge in [0.2, 0.25) is 0 Å². The highest BCUT2D eigenvalue weighted by Gasteiger charge is 2.40. The number of aromatic nitrogens is 2. The maximum atomic E-state index is 5.85. The van der Waals surface area contributed by atoms with Crippen molar-refractivity contribution < 1.29 is 9.47 Å². The van der Waals surface area contributed by atoms with Gasteiger partial charge in [-0.3, -0.25) is 9.58 Å². The number of hydrogen-bond acceptors (Lipinski definition) is 4. The number of piperidine rings is 1. The molecule has 3 heterocycles. The standard InChI is InChI=1S/C15H25N3O2/c1-3-13-10-14(18(4-2)16-13)11-17-7-5-6-15(12-17)19-8-9-20-15/h10H,3-9,11-12H2,1-2H3. The van der Waals surface area contributed by atoms with Crippen LogP contribution in [0.3, 0.4) is 0 Å². The molecule has 2 saturated heterocycles. The molecule has 2 aliphatic rings. The average molecular weight is 279 g/mol. The Morgan fingerprint density at radius 3 is 2.80 bits per heavy atom. The zero-order valence-corrected chi connectivity index (χ0v) is 12.6. The molecule has 0 unspecified atom stereocenters. The molecule has 1 aromatic rings. The Bertz CT molecular complexity index is 452. The first-order valence-corrected chi connectivity index (χ1v) is 7.80. The molecule has 1 spiro atoms. The van der Waals surface area contributed by atoms with E-state index in [1.54, 1.807) is 0 Å². The molecule has 3 rings (SSSR count). The summed E-state index contributed by atoms with van der Waals surface area (Å²) in [4.78, 5) is 2.44. The van der Waals surface area contributed by atoms with Gasteiger partial charge < -0.3 is 9.47 Å². The summed E-state index contributed by atoms with van der Waals surface area (Å²) in [5.74, 6) is -0.330. The summed E-state index contributed by atoms with van der Waals surface area (Å²) in [6, 6.07) is 2.24. The Morgan fingerprint density at radius 1 is 1.30 bits per heavy atom. The summed E-state index contributed by atoms with van der Waals surface area (Å²) in [6.07, 6.45) is 3.16. The average Bonchev–Trinajstić information content (AvgIpc) is 3.06. The van der Waals surface area contributed by atoms with Crippen LogP contribution in [0, 0.1) is 0 Å². The van der Waals surface area contributed by atoms with E-state index >= 15 is 0 Å². The largest absolute Gasteiger partial charge is 0.346 e. The van der Waals surface area contributed by atoms with E-state index < -0.39 is 0 Å². The first kappa shape index (κ1) is 14.0. The number of hydrogen-bond donors (Lipinski definition) is 0. The van der Waals surface area contributed by atoms with Crippen molar-refractivity contribution in [2.75, 3.05) is 26.3 Å². The van der Waals surface area contributed by atoms with E-state index in [0.717, 1.165) is 58.7 Å². The van der Waals surface area contributed by atoms with Crippen LogP contribution in [-0.2, 0) is 29.0 Å². The fourth-order valence-electron chi connectivity index (χ4n) is 3.26. The van der Waals surface area contributed by atoms with Crippen LogP contribution >= 0.6 is 0 Å². The summed E-state index contributed by atoms with van der Waals surface area (Å²) >= 11 is 0. The minimum absolute atomic E-state index is 0.330. The lowest BCUT2D eigenvalue weighted by atomic mass is 10.0. The SMILES string of the molecule is CCc1cc(CN2CCCC3(C2)OCCO3)n(CC)n1. The van der Waals surface area contributed by atoms with Gasteiger partial charge in [-0.2, -0.15) is 5.10 Å². The molecule has 0 radical (unpaired) electrons. The molecule has 2 fully saturated rings. The number of ether oxygens (including phenoxy) is 2. The van der Waals surface area contributed by atoms with Crippen LogP contribution < -0.4 is 0 Å². The third kappa shape index (κ3) is 2.75. The maximum Gasteiger partial charge on any atom is 0.181 e. The topological polar surface area (TPSA) is 39.5 Å². The van der Waals surface area contributed by atoms with Gasteiger partial charge in [-0.15, -0.1) is 0 Å². The molecule has 5 heteroatoms. The minimum Gasteiger partial charge on any atom is -0.346 e. The van der Waals surface area contributed by atoms with E-state index in [0.29, 0.717) is 0 Å². The summed E-state index contributed by atoms with van der Waals surface area (Å²) in [6.45, 7) is 9.64. The van der Waals surface area contributed by atoms with Gasteiger partial charge in [-0.1, -0.05) is 6.92 Å². The van der Waals surface area contributed by atoms with Gasteiger partial charge in [-0.05, 0) is 32.4 Å². The molecule has 0 aliphatic carbocycles. The second-order valence-corrected chi connectivity index (χ2v) is 5.72. The molecule has 0 atom stereocenters. The predicted molar refractivity (Wildman–Crippen MR) is 76.4 cm³/mol. The van der Waals surface area contributed by atoms with Crippen LogP contribution in [0.2, 0.25) is 0 Å². The second-order valence-electron chi connectivity index (χ2n) is 5.72. The Morgan fingerprint density at radius 2 is 2.10 bits per heavy atom. The van der Waals surface area contributed by atoms with Crippen molar-refractivity contribution in [2.24, 2.45) is 0 Å². The van der Waals surface area contributed by atoms with Crippen molar-refractivity contribution in [3.05, 3.63) is 17.5 Å². The van der Waals surface area contributed by atoms with Crippen LogP contribution in [0.4, 0.5) is 0 Å². The van der Waals surface area contributed by atoms with Gasteiger partial charge in [0.1, 0.15) is 0 Å². The minimum atomic E-state index is -0.330. The van der Waals surface area contributed by atoms with E-state index in [2.05, 4.69) is 34.6 Å². The predicted octanol–water partition coefficient (Wildman–Crippen LogP) is 1.80. The fourth-order valence-corrected chi connectivity index (χ4v) is 3.26. The zero-order valence-electron chi connectivity index (χ0n) is 12.6. The molecular weight excluding hydrogens is 254 g/mol. The van der Waals surface area contributed by atoms with Gasteiger partial charge in [0.05, 0.1) is 31.1 Å². The molecule has 5 nitrogen and oxygen atoms in total. The molecule has 20 heavy (non-hydrogen) atoms. The van der Waals surface area contributed by atoms with Gasteiger partial charge in [0, 0.05) is 19.5 Å². The van der Waals surface area contributed by atoms with E-state index in [1.165, 1.54) is 11.4 Å². The zero-order chi connectivity index (χ0) is 14.0. The van der Waals surface area contributed by atoms with Crippen molar-refractivity contribution in [1.29, 1.82) is 0 Å². The number of nitrogens with zero attached hydrogens (tertiary/aromatic N) is 3. The van der Waals surface area contributed by atoms with Crippen LogP contribution in [0.15, 0.2) is 6.07 Å². The van der Waals surface area contributed by atoms with E-state index in [-0.39, 0.29) is 5.79 Å². The second kappa shape index (κ2) is 5.84. The molecule has 0 aromatic carbocycles. The van der Waals surface area contributed by atoms with E-state index in [9.17, 15) is 0 Å². The maximum absolute atomic E-state index is 5.85. The Kier molecular flexibility index (Phi) is 4.10. The van der Waals surface area contributed by atoms with Gasteiger partial charge in [0.25, 0.3) is 0 Å². The Labute approximate surface area is 120 Å². The Hall–Kier alpha value is -0.910. The van der Waals surface area contributed by atoms with Crippen LogP contribution in [0.5, 0.6) is 0 Å². The van der Waals surface area contributed by atoms with Gasteiger partial charge in [-0.25, -0.2) is 0 Å². The highest BCUT2D eigenvalue weighted by molar-refractivity contribution is 5.10. The quantitative estimate of drug-likeness (QED) is 0.842. The molecule has 0 N–H and O–H groups in total. The summed E-state index contributed by atoms with van der Waals surface area (Å²) in [5.41, 5.74) is 2.49. The van der Waals surface area contributed by atoms with Crippen LogP contribution in [-0.4, -0.2) is 46.8 Å². The lowest BCUT2D eigenvalue weighted by molar-refractivity contribution is -0.190. The first-order chi connectivity index (χ1) is 9.74. The third-order valence-electron chi connectivity index (χ3n) is 4.27. The van der Waals surface area contributed by atoms with Crippen molar-refractivity contribution in [2.45, 2.75) is 52.0 Å². The Balaban J connectivity index is 1.69. The van der Waals surface area contributed by atoms with E-state index in [1.807, 2.05) is 0 Å². The lowest BCUT2D eigenvalue weighted by Crippen LogP contribution is -2.48. The number of likely N-dealkylation sites (tertiary alicyclic amines) is 1. The highest BCUT2D eigenvalue weighted by atomic mass is 16.7. The molecule has 0 amide bonds. The normalized spacial score (nSPS) is 22.7. The fraction of sp³-hybridized carbons (Fsp3) is 0.800. The number of rotatable bonds is 4. The van der Waals surface area contributed by atoms with Crippen molar-refractivity contribution in [3.8, 4) is 0 Å².